The molecule has 23 heavy (non-hydrogen) atoms. The summed E-state index contributed by atoms with van der Waals surface area (Å²) in [6, 6.07) is 17.8. The van der Waals surface area contributed by atoms with Crippen molar-refractivity contribution < 1.29 is 9.53 Å². The van der Waals surface area contributed by atoms with Crippen LogP contribution >= 0.6 is 0 Å². The molecule has 1 amide bonds. The molecule has 0 fully saturated rings. The molecular formula is C20H25NO2. The topological polar surface area (TPSA) is 38.3 Å². The van der Waals surface area contributed by atoms with Gasteiger partial charge >= 0.3 is 0 Å². The van der Waals surface area contributed by atoms with E-state index in [2.05, 4.69) is 24.4 Å². The average molecular weight is 311 g/mol. The van der Waals surface area contributed by atoms with Gasteiger partial charge in [-0.1, -0.05) is 49.7 Å². The van der Waals surface area contributed by atoms with Crippen LogP contribution in [0.4, 0.5) is 5.69 Å². The van der Waals surface area contributed by atoms with Crippen molar-refractivity contribution in [3.63, 3.8) is 0 Å². The van der Waals surface area contributed by atoms with Crippen molar-refractivity contribution in [3.05, 3.63) is 60.2 Å². The predicted molar refractivity (Wildman–Crippen MR) is 94.9 cm³/mol. The molecular weight excluding hydrogens is 286 g/mol. The van der Waals surface area contributed by atoms with E-state index in [0.717, 1.165) is 37.1 Å². The highest BCUT2D eigenvalue weighted by Gasteiger charge is 2.04. The van der Waals surface area contributed by atoms with Gasteiger partial charge in [0.1, 0.15) is 5.75 Å². The summed E-state index contributed by atoms with van der Waals surface area (Å²) >= 11 is 0. The zero-order chi connectivity index (χ0) is 16.3. The van der Waals surface area contributed by atoms with Crippen LogP contribution in [0.15, 0.2) is 54.6 Å². The second-order valence-electron chi connectivity index (χ2n) is 5.62. The number of rotatable bonds is 9. The van der Waals surface area contributed by atoms with Crippen LogP contribution in [-0.4, -0.2) is 12.5 Å². The summed E-state index contributed by atoms with van der Waals surface area (Å²) in [5.74, 6) is 0.854. The van der Waals surface area contributed by atoms with E-state index < -0.39 is 0 Å². The number of ether oxygens (including phenoxy) is 1. The molecule has 0 saturated heterocycles. The first-order valence-corrected chi connectivity index (χ1v) is 8.34. The molecule has 3 nitrogen and oxygen atoms in total. The van der Waals surface area contributed by atoms with Gasteiger partial charge in [-0.05, 0) is 37.0 Å². The van der Waals surface area contributed by atoms with E-state index in [1.54, 1.807) is 0 Å². The molecule has 0 spiro atoms. The van der Waals surface area contributed by atoms with E-state index in [9.17, 15) is 4.79 Å². The van der Waals surface area contributed by atoms with Crippen molar-refractivity contribution in [1.29, 1.82) is 0 Å². The maximum atomic E-state index is 12.0. The van der Waals surface area contributed by atoms with E-state index in [1.807, 2.05) is 42.5 Å². The van der Waals surface area contributed by atoms with E-state index >= 15 is 0 Å². The summed E-state index contributed by atoms with van der Waals surface area (Å²) in [5, 5.41) is 2.94. The van der Waals surface area contributed by atoms with Crippen LogP contribution < -0.4 is 10.1 Å². The number of amides is 1. The average Bonchev–Trinajstić information content (AvgIpc) is 2.56. The van der Waals surface area contributed by atoms with Gasteiger partial charge in [0.15, 0.2) is 0 Å². The minimum absolute atomic E-state index is 0.0478. The third kappa shape index (κ3) is 6.55. The van der Waals surface area contributed by atoms with Crippen molar-refractivity contribution in [2.24, 2.45) is 0 Å². The zero-order valence-electron chi connectivity index (χ0n) is 13.8. The highest BCUT2D eigenvalue weighted by molar-refractivity contribution is 5.90. The van der Waals surface area contributed by atoms with Crippen LogP contribution in [0.1, 0.15) is 38.2 Å². The highest BCUT2D eigenvalue weighted by atomic mass is 16.5. The Bertz CT molecular complexity index is 596. The Balaban J connectivity index is 1.75. The molecule has 0 heterocycles. The van der Waals surface area contributed by atoms with Crippen LogP contribution in [0.5, 0.6) is 5.75 Å². The van der Waals surface area contributed by atoms with Crippen LogP contribution in [0.25, 0.3) is 0 Å². The quantitative estimate of drug-likeness (QED) is 0.674. The Morgan fingerprint density at radius 1 is 1.04 bits per heavy atom. The van der Waals surface area contributed by atoms with Gasteiger partial charge in [0.25, 0.3) is 0 Å². The number of nitrogens with one attached hydrogen (secondary N) is 1. The molecule has 0 aliphatic heterocycles. The second kappa shape index (κ2) is 9.67. The van der Waals surface area contributed by atoms with Crippen LogP contribution in [0.2, 0.25) is 0 Å². The van der Waals surface area contributed by atoms with E-state index in [1.165, 1.54) is 5.56 Å². The molecule has 0 unspecified atom stereocenters. The Morgan fingerprint density at radius 2 is 1.87 bits per heavy atom. The monoisotopic (exact) mass is 311 g/mol. The molecule has 1 N–H and O–H groups in total. The van der Waals surface area contributed by atoms with Crippen molar-refractivity contribution in [3.8, 4) is 5.75 Å². The first-order valence-electron chi connectivity index (χ1n) is 8.34. The van der Waals surface area contributed by atoms with Gasteiger partial charge in [-0.25, -0.2) is 0 Å². The molecule has 0 saturated carbocycles. The third-order valence-electron chi connectivity index (χ3n) is 3.60. The normalized spacial score (nSPS) is 10.3. The Hall–Kier alpha value is -2.29. The standard InChI is InChI=1S/C20H25NO2/c1-2-3-15-23-19-13-8-12-18(16-19)21-20(22)14-7-11-17-9-5-4-6-10-17/h4-6,8-10,12-13,16H,2-3,7,11,14-15H2,1H3,(H,21,22). The number of hydrogen-bond acceptors (Lipinski definition) is 2. The molecule has 0 atom stereocenters. The summed E-state index contributed by atoms with van der Waals surface area (Å²) in [5.41, 5.74) is 2.07. The number of unbranched alkanes of at least 4 members (excludes halogenated alkanes) is 1. The number of aryl methyl sites for hydroxylation is 1. The second-order valence-corrected chi connectivity index (χ2v) is 5.62. The number of anilines is 1. The largest absolute Gasteiger partial charge is 0.494 e. The van der Waals surface area contributed by atoms with Gasteiger partial charge in [0, 0.05) is 18.2 Å². The fourth-order valence-electron chi connectivity index (χ4n) is 2.32. The minimum Gasteiger partial charge on any atom is -0.494 e. The van der Waals surface area contributed by atoms with Gasteiger partial charge in [-0.3, -0.25) is 4.79 Å². The van der Waals surface area contributed by atoms with Gasteiger partial charge in [0.2, 0.25) is 5.91 Å². The summed E-state index contributed by atoms with van der Waals surface area (Å²) in [4.78, 5) is 12.0. The zero-order valence-corrected chi connectivity index (χ0v) is 13.8. The van der Waals surface area contributed by atoms with Gasteiger partial charge in [-0.15, -0.1) is 0 Å². The van der Waals surface area contributed by atoms with Gasteiger partial charge in [-0.2, -0.15) is 0 Å². The van der Waals surface area contributed by atoms with Crippen LogP contribution in [-0.2, 0) is 11.2 Å². The fraction of sp³-hybridized carbons (Fsp3) is 0.350. The van der Waals surface area contributed by atoms with Crippen molar-refractivity contribution in [1.82, 2.24) is 0 Å². The molecule has 0 aromatic heterocycles. The number of carbonyl (C=O) groups excluding carboxylic acids is 1. The molecule has 3 heteroatoms. The lowest BCUT2D eigenvalue weighted by atomic mass is 10.1. The molecule has 2 rings (SSSR count). The van der Waals surface area contributed by atoms with Crippen molar-refractivity contribution in [2.75, 3.05) is 11.9 Å². The highest BCUT2D eigenvalue weighted by Crippen LogP contribution is 2.18. The Morgan fingerprint density at radius 3 is 2.65 bits per heavy atom. The van der Waals surface area contributed by atoms with Crippen LogP contribution in [0, 0.1) is 0 Å². The molecule has 0 bridgehead atoms. The first kappa shape index (κ1) is 17.1. The predicted octanol–water partition coefficient (Wildman–Crippen LogP) is 4.83. The first-order chi connectivity index (χ1) is 11.3. The number of benzene rings is 2. The van der Waals surface area contributed by atoms with E-state index in [-0.39, 0.29) is 5.91 Å². The summed E-state index contributed by atoms with van der Waals surface area (Å²) in [7, 11) is 0. The van der Waals surface area contributed by atoms with Gasteiger partial charge in [0.05, 0.1) is 6.61 Å². The fourth-order valence-corrected chi connectivity index (χ4v) is 2.32. The lowest BCUT2D eigenvalue weighted by Crippen LogP contribution is -2.11. The molecule has 0 aliphatic carbocycles. The molecule has 122 valence electrons. The van der Waals surface area contributed by atoms with Crippen molar-refractivity contribution >= 4 is 11.6 Å². The maximum absolute atomic E-state index is 12.0. The Kier molecular flexibility index (Phi) is 7.18. The summed E-state index contributed by atoms with van der Waals surface area (Å²) in [6.07, 6.45) is 4.45. The summed E-state index contributed by atoms with van der Waals surface area (Å²) < 4.78 is 5.66. The number of carbonyl (C=O) groups is 1. The Labute approximate surface area is 138 Å². The molecule has 2 aromatic rings. The maximum Gasteiger partial charge on any atom is 0.224 e. The molecule has 0 aliphatic rings. The molecule has 2 aromatic carbocycles. The van der Waals surface area contributed by atoms with E-state index in [4.69, 9.17) is 4.74 Å². The lowest BCUT2D eigenvalue weighted by Gasteiger charge is -2.09. The third-order valence-corrected chi connectivity index (χ3v) is 3.60. The SMILES string of the molecule is CCCCOc1cccc(NC(=O)CCCc2ccccc2)c1. The smallest absolute Gasteiger partial charge is 0.224 e. The number of hydrogen-bond donors (Lipinski definition) is 1. The van der Waals surface area contributed by atoms with Crippen LogP contribution in [0.3, 0.4) is 0 Å². The van der Waals surface area contributed by atoms with Gasteiger partial charge < -0.3 is 10.1 Å². The minimum atomic E-state index is 0.0478. The lowest BCUT2D eigenvalue weighted by molar-refractivity contribution is -0.116. The molecule has 0 radical (unpaired) electrons. The van der Waals surface area contributed by atoms with Crippen molar-refractivity contribution in [2.45, 2.75) is 39.0 Å². The van der Waals surface area contributed by atoms with E-state index in [0.29, 0.717) is 13.0 Å². The summed E-state index contributed by atoms with van der Waals surface area (Å²) in [6.45, 7) is 2.85.